The SMILES string of the molecule is O=C(N[C@H]1CCCNC1)c1cc(Br)ccc1O. The first-order chi connectivity index (χ1) is 8.16. The highest BCUT2D eigenvalue weighted by atomic mass is 79.9. The summed E-state index contributed by atoms with van der Waals surface area (Å²) in [5, 5.41) is 15.8. The molecule has 1 atom stereocenters. The number of carbonyl (C=O) groups is 1. The number of amides is 1. The molecule has 0 spiro atoms. The van der Waals surface area contributed by atoms with Crippen molar-refractivity contribution in [3.63, 3.8) is 0 Å². The van der Waals surface area contributed by atoms with Crippen LogP contribution < -0.4 is 10.6 Å². The van der Waals surface area contributed by atoms with Crippen LogP contribution in [-0.2, 0) is 0 Å². The molecule has 0 aliphatic carbocycles. The number of aromatic hydroxyl groups is 1. The van der Waals surface area contributed by atoms with Crippen molar-refractivity contribution in [3.8, 4) is 5.75 Å². The zero-order chi connectivity index (χ0) is 12.3. The van der Waals surface area contributed by atoms with E-state index in [1.54, 1.807) is 12.1 Å². The van der Waals surface area contributed by atoms with E-state index in [2.05, 4.69) is 26.6 Å². The van der Waals surface area contributed by atoms with E-state index in [1.165, 1.54) is 6.07 Å². The number of hydrogen-bond acceptors (Lipinski definition) is 3. The second-order valence-corrected chi connectivity index (χ2v) is 5.09. The minimum absolute atomic E-state index is 0.00877. The average molecular weight is 299 g/mol. The Balaban J connectivity index is 2.05. The van der Waals surface area contributed by atoms with Crippen LogP contribution in [0.5, 0.6) is 5.75 Å². The molecule has 2 rings (SSSR count). The van der Waals surface area contributed by atoms with Gasteiger partial charge in [-0.15, -0.1) is 0 Å². The van der Waals surface area contributed by atoms with E-state index in [0.717, 1.165) is 30.4 Å². The predicted molar refractivity (Wildman–Crippen MR) is 69.2 cm³/mol. The number of piperidine rings is 1. The van der Waals surface area contributed by atoms with Gasteiger partial charge in [-0.05, 0) is 37.6 Å². The molecule has 17 heavy (non-hydrogen) atoms. The van der Waals surface area contributed by atoms with E-state index < -0.39 is 0 Å². The summed E-state index contributed by atoms with van der Waals surface area (Å²) in [4.78, 5) is 12.0. The second-order valence-electron chi connectivity index (χ2n) is 4.18. The van der Waals surface area contributed by atoms with Crippen LogP contribution in [0.2, 0.25) is 0 Å². The average Bonchev–Trinajstić information content (AvgIpc) is 2.33. The van der Waals surface area contributed by atoms with Crippen LogP contribution in [-0.4, -0.2) is 30.1 Å². The summed E-state index contributed by atoms with van der Waals surface area (Å²) < 4.78 is 0.780. The van der Waals surface area contributed by atoms with E-state index in [9.17, 15) is 9.90 Å². The number of phenols is 1. The highest BCUT2D eigenvalue weighted by Gasteiger charge is 2.18. The maximum Gasteiger partial charge on any atom is 0.255 e. The van der Waals surface area contributed by atoms with E-state index in [0.29, 0.717) is 5.56 Å². The zero-order valence-electron chi connectivity index (χ0n) is 9.37. The summed E-state index contributed by atoms with van der Waals surface area (Å²) in [6, 6.07) is 4.99. The Morgan fingerprint density at radius 3 is 3.06 bits per heavy atom. The molecule has 1 heterocycles. The van der Waals surface area contributed by atoms with Crippen molar-refractivity contribution < 1.29 is 9.90 Å². The Bertz CT molecular complexity index is 417. The molecule has 3 N–H and O–H groups in total. The van der Waals surface area contributed by atoms with Crippen molar-refractivity contribution in [3.05, 3.63) is 28.2 Å². The number of rotatable bonds is 2. The zero-order valence-corrected chi connectivity index (χ0v) is 11.0. The lowest BCUT2D eigenvalue weighted by Crippen LogP contribution is -2.45. The molecule has 1 fully saturated rings. The summed E-state index contributed by atoms with van der Waals surface area (Å²) in [6.07, 6.45) is 2.04. The highest BCUT2D eigenvalue weighted by Crippen LogP contribution is 2.21. The van der Waals surface area contributed by atoms with Gasteiger partial charge in [-0.2, -0.15) is 0 Å². The fourth-order valence-corrected chi connectivity index (χ4v) is 2.29. The molecular formula is C12H15BrN2O2. The number of nitrogens with one attached hydrogen (secondary N) is 2. The summed E-state index contributed by atoms with van der Waals surface area (Å²) in [5.41, 5.74) is 0.310. The van der Waals surface area contributed by atoms with Crippen LogP contribution in [0.15, 0.2) is 22.7 Å². The first kappa shape index (κ1) is 12.4. The van der Waals surface area contributed by atoms with Crippen LogP contribution in [0.4, 0.5) is 0 Å². The van der Waals surface area contributed by atoms with E-state index in [1.807, 2.05) is 0 Å². The molecule has 1 aliphatic rings. The van der Waals surface area contributed by atoms with Crippen molar-refractivity contribution >= 4 is 21.8 Å². The Hall–Kier alpha value is -1.07. The highest BCUT2D eigenvalue weighted by molar-refractivity contribution is 9.10. The maximum atomic E-state index is 12.0. The Morgan fingerprint density at radius 2 is 2.35 bits per heavy atom. The van der Waals surface area contributed by atoms with Gasteiger partial charge in [0.25, 0.3) is 5.91 Å². The summed E-state index contributed by atoms with van der Waals surface area (Å²) in [6.45, 7) is 1.80. The molecule has 5 heteroatoms. The van der Waals surface area contributed by atoms with Crippen LogP contribution in [0.1, 0.15) is 23.2 Å². The molecule has 1 saturated heterocycles. The number of carbonyl (C=O) groups excluding carboxylic acids is 1. The summed E-state index contributed by atoms with van der Waals surface area (Å²) in [5.74, 6) is -0.216. The van der Waals surface area contributed by atoms with Crippen LogP contribution in [0.3, 0.4) is 0 Å². The maximum absolute atomic E-state index is 12.0. The molecule has 1 aromatic rings. The molecule has 92 valence electrons. The number of benzene rings is 1. The molecule has 1 amide bonds. The Labute approximate surface area is 109 Å². The number of hydrogen-bond donors (Lipinski definition) is 3. The third kappa shape index (κ3) is 3.20. The van der Waals surface area contributed by atoms with E-state index in [-0.39, 0.29) is 17.7 Å². The third-order valence-electron chi connectivity index (χ3n) is 2.84. The van der Waals surface area contributed by atoms with Crippen LogP contribution in [0.25, 0.3) is 0 Å². The molecular weight excluding hydrogens is 284 g/mol. The lowest BCUT2D eigenvalue weighted by Gasteiger charge is -2.23. The van der Waals surface area contributed by atoms with Crippen molar-refractivity contribution in [1.29, 1.82) is 0 Å². The summed E-state index contributed by atoms with van der Waals surface area (Å²) in [7, 11) is 0. The lowest BCUT2D eigenvalue weighted by molar-refractivity contribution is 0.0928. The predicted octanol–water partition coefficient (Wildman–Crippen LogP) is 1.64. The molecule has 0 bridgehead atoms. The first-order valence-corrected chi connectivity index (χ1v) is 6.46. The fourth-order valence-electron chi connectivity index (χ4n) is 1.93. The van der Waals surface area contributed by atoms with Gasteiger partial charge in [0.15, 0.2) is 0 Å². The molecule has 4 nitrogen and oxygen atoms in total. The minimum atomic E-state index is -0.225. The standard InChI is InChI=1S/C12H15BrN2O2/c13-8-3-4-11(16)10(6-8)12(17)15-9-2-1-5-14-7-9/h3-4,6,9,14,16H,1-2,5,7H2,(H,15,17)/t9-/m0/s1. The minimum Gasteiger partial charge on any atom is -0.507 e. The van der Waals surface area contributed by atoms with Gasteiger partial charge in [0, 0.05) is 17.1 Å². The van der Waals surface area contributed by atoms with Gasteiger partial charge in [-0.1, -0.05) is 15.9 Å². The van der Waals surface area contributed by atoms with Crippen molar-refractivity contribution in [2.24, 2.45) is 0 Å². The topological polar surface area (TPSA) is 61.4 Å². The molecule has 0 saturated carbocycles. The van der Waals surface area contributed by atoms with Crippen LogP contribution in [0, 0.1) is 0 Å². The van der Waals surface area contributed by atoms with Crippen LogP contribution >= 0.6 is 15.9 Å². The van der Waals surface area contributed by atoms with Crippen molar-refractivity contribution in [2.75, 3.05) is 13.1 Å². The quantitative estimate of drug-likeness (QED) is 0.778. The van der Waals surface area contributed by atoms with E-state index in [4.69, 9.17) is 0 Å². The van der Waals surface area contributed by atoms with Gasteiger partial charge in [-0.3, -0.25) is 4.79 Å². The van der Waals surface area contributed by atoms with E-state index >= 15 is 0 Å². The Kier molecular flexibility index (Phi) is 4.02. The molecule has 1 aliphatic heterocycles. The number of phenolic OH excluding ortho intramolecular Hbond substituents is 1. The van der Waals surface area contributed by atoms with Gasteiger partial charge in [0.05, 0.1) is 5.56 Å². The molecule has 0 unspecified atom stereocenters. The van der Waals surface area contributed by atoms with Gasteiger partial charge in [0.1, 0.15) is 5.75 Å². The first-order valence-electron chi connectivity index (χ1n) is 5.67. The molecule has 0 radical (unpaired) electrons. The van der Waals surface area contributed by atoms with Gasteiger partial charge in [-0.25, -0.2) is 0 Å². The molecule has 1 aromatic carbocycles. The fraction of sp³-hybridized carbons (Fsp3) is 0.417. The molecule has 0 aromatic heterocycles. The van der Waals surface area contributed by atoms with Gasteiger partial charge < -0.3 is 15.7 Å². The van der Waals surface area contributed by atoms with Crippen molar-refractivity contribution in [2.45, 2.75) is 18.9 Å². The summed E-state index contributed by atoms with van der Waals surface area (Å²) >= 11 is 3.29. The normalized spacial score (nSPS) is 19.9. The lowest BCUT2D eigenvalue weighted by atomic mass is 10.1. The second kappa shape index (κ2) is 5.51. The van der Waals surface area contributed by atoms with Crippen molar-refractivity contribution in [1.82, 2.24) is 10.6 Å². The number of halogens is 1. The van der Waals surface area contributed by atoms with Gasteiger partial charge in [0.2, 0.25) is 0 Å². The largest absolute Gasteiger partial charge is 0.507 e. The third-order valence-corrected chi connectivity index (χ3v) is 3.33. The van der Waals surface area contributed by atoms with Gasteiger partial charge >= 0.3 is 0 Å². The Morgan fingerprint density at radius 1 is 1.53 bits per heavy atom. The monoisotopic (exact) mass is 298 g/mol. The smallest absolute Gasteiger partial charge is 0.255 e.